The van der Waals surface area contributed by atoms with Crippen molar-refractivity contribution in [1.29, 1.82) is 0 Å². The van der Waals surface area contributed by atoms with Crippen LogP contribution in [0.15, 0.2) is 84.9 Å². The lowest BCUT2D eigenvalue weighted by Gasteiger charge is -2.31. The number of rotatable bonds is 10. The lowest BCUT2D eigenvalue weighted by atomic mass is 10.0. The van der Waals surface area contributed by atoms with Crippen LogP contribution in [0.1, 0.15) is 11.1 Å². The summed E-state index contributed by atoms with van der Waals surface area (Å²) in [6.07, 6.45) is -0.0662. The summed E-state index contributed by atoms with van der Waals surface area (Å²) in [6.45, 7) is 0. The van der Waals surface area contributed by atoms with E-state index in [-0.39, 0.29) is 24.2 Å². The minimum absolute atomic E-state index is 0.0331. The monoisotopic (exact) mass is 490 g/mol. The van der Waals surface area contributed by atoms with Crippen molar-refractivity contribution in [3.8, 4) is 0 Å². The van der Waals surface area contributed by atoms with E-state index >= 15 is 0 Å². The van der Waals surface area contributed by atoms with Gasteiger partial charge in [0.1, 0.15) is 12.1 Å². The first kappa shape index (κ1) is 25.8. The summed E-state index contributed by atoms with van der Waals surface area (Å²) >= 11 is 0. The summed E-state index contributed by atoms with van der Waals surface area (Å²) in [4.78, 5) is 50.9. The van der Waals surface area contributed by atoms with Gasteiger partial charge in [-0.2, -0.15) is 0 Å². The highest BCUT2D eigenvalue weighted by atomic mass is 16.4. The fraction of sp³-hybridized carbons (Fsp3) is 0.154. The van der Waals surface area contributed by atoms with Crippen LogP contribution in [0.5, 0.6) is 0 Å². The Morgan fingerprint density at radius 1 is 0.611 bits per heavy atom. The number of carbonyl (C=O) groups excluding carboxylic acids is 2. The molecule has 10 heteroatoms. The molecule has 6 N–H and O–H groups in total. The number of anilines is 2. The predicted molar refractivity (Wildman–Crippen MR) is 134 cm³/mol. The van der Waals surface area contributed by atoms with Gasteiger partial charge in [-0.15, -0.1) is 0 Å². The molecule has 186 valence electrons. The first-order chi connectivity index (χ1) is 17.2. The molecular formula is C26H26N4O6. The zero-order valence-corrected chi connectivity index (χ0v) is 19.2. The van der Waals surface area contributed by atoms with E-state index in [2.05, 4.69) is 0 Å². The van der Waals surface area contributed by atoms with E-state index in [4.69, 9.17) is 11.5 Å². The van der Waals surface area contributed by atoms with Crippen molar-refractivity contribution in [3.05, 3.63) is 96.1 Å². The SMILES string of the molecule is NC(=O)N(c1cccc(N(C(N)=O)C(Cc2ccccc2)C(=O)O)c1)C(Cc1ccccc1)C(=O)O. The van der Waals surface area contributed by atoms with Gasteiger partial charge in [0, 0.05) is 24.2 Å². The molecule has 0 bridgehead atoms. The molecular weight excluding hydrogens is 464 g/mol. The van der Waals surface area contributed by atoms with Gasteiger partial charge in [-0.05, 0) is 29.3 Å². The van der Waals surface area contributed by atoms with Gasteiger partial charge in [0.05, 0.1) is 0 Å². The maximum atomic E-state index is 12.4. The minimum Gasteiger partial charge on any atom is -0.480 e. The Morgan fingerprint density at radius 2 is 0.972 bits per heavy atom. The first-order valence-corrected chi connectivity index (χ1v) is 11.0. The van der Waals surface area contributed by atoms with Gasteiger partial charge in [0.15, 0.2) is 0 Å². The summed E-state index contributed by atoms with van der Waals surface area (Å²) in [5.41, 5.74) is 12.6. The molecule has 2 unspecified atom stereocenters. The van der Waals surface area contributed by atoms with Gasteiger partial charge in [0.2, 0.25) is 0 Å². The molecule has 0 spiro atoms. The van der Waals surface area contributed by atoms with E-state index in [1.165, 1.54) is 24.3 Å². The number of primary amides is 2. The molecule has 3 aromatic rings. The number of amides is 4. The molecule has 36 heavy (non-hydrogen) atoms. The number of hydrogen-bond acceptors (Lipinski definition) is 4. The standard InChI is InChI=1S/C26H26N4O6/c27-25(35)29(21(23(31)32)14-17-8-3-1-4-9-17)19-12-7-13-20(16-19)30(26(28)36)22(24(33)34)15-18-10-5-2-6-11-18/h1-13,16,21-22H,14-15H2,(H2,27,35)(H2,28,36)(H,31,32)(H,33,34). The number of nitrogens with two attached hydrogens (primary N) is 2. The quantitative estimate of drug-likeness (QED) is 0.341. The maximum absolute atomic E-state index is 12.4. The van der Waals surface area contributed by atoms with Crippen molar-refractivity contribution in [2.24, 2.45) is 11.5 Å². The molecule has 0 aliphatic rings. The second-order valence-corrected chi connectivity index (χ2v) is 8.02. The van der Waals surface area contributed by atoms with Crippen molar-refractivity contribution in [2.45, 2.75) is 24.9 Å². The molecule has 4 amide bonds. The number of benzene rings is 3. The molecule has 0 aliphatic carbocycles. The predicted octanol–water partition coefficient (Wildman–Crippen LogP) is 2.85. The Balaban J connectivity index is 2.02. The number of urea groups is 2. The normalized spacial score (nSPS) is 12.2. The molecule has 10 nitrogen and oxygen atoms in total. The van der Waals surface area contributed by atoms with Crippen molar-refractivity contribution in [2.75, 3.05) is 9.80 Å². The van der Waals surface area contributed by atoms with Crippen LogP contribution in [-0.2, 0) is 22.4 Å². The van der Waals surface area contributed by atoms with Crippen molar-refractivity contribution in [3.63, 3.8) is 0 Å². The summed E-state index contributed by atoms with van der Waals surface area (Å²) in [5, 5.41) is 19.8. The third-order valence-electron chi connectivity index (χ3n) is 5.60. The van der Waals surface area contributed by atoms with Crippen molar-refractivity contribution >= 4 is 35.4 Å². The van der Waals surface area contributed by atoms with Crippen LogP contribution in [0.25, 0.3) is 0 Å². The average molecular weight is 491 g/mol. The van der Waals surface area contributed by atoms with Gasteiger partial charge in [0.25, 0.3) is 0 Å². The fourth-order valence-corrected chi connectivity index (χ4v) is 3.97. The number of aliphatic carboxylic acids is 2. The van der Waals surface area contributed by atoms with Crippen LogP contribution in [0.4, 0.5) is 21.0 Å². The van der Waals surface area contributed by atoms with Gasteiger partial charge in [-0.25, -0.2) is 19.2 Å². The Labute approximate surface area is 207 Å². The molecule has 0 saturated carbocycles. The van der Waals surface area contributed by atoms with E-state index < -0.39 is 36.1 Å². The van der Waals surface area contributed by atoms with E-state index in [1.54, 1.807) is 60.7 Å². The van der Waals surface area contributed by atoms with Crippen molar-refractivity contribution in [1.82, 2.24) is 0 Å². The lowest BCUT2D eigenvalue weighted by molar-refractivity contribution is -0.139. The molecule has 0 aliphatic heterocycles. The Hall–Kier alpha value is -4.86. The molecule has 0 radical (unpaired) electrons. The minimum atomic E-state index is -1.36. The second-order valence-electron chi connectivity index (χ2n) is 8.02. The van der Waals surface area contributed by atoms with Crippen LogP contribution in [0.3, 0.4) is 0 Å². The van der Waals surface area contributed by atoms with Crippen LogP contribution in [-0.4, -0.2) is 46.3 Å². The average Bonchev–Trinajstić information content (AvgIpc) is 2.84. The topological polar surface area (TPSA) is 167 Å². The molecule has 0 saturated heterocycles. The van der Waals surface area contributed by atoms with E-state index in [1.807, 2.05) is 0 Å². The number of nitrogens with zero attached hydrogens (tertiary/aromatic N) is 2. The highest BCUT2D eigenvalue weighted by Gasteiger charge is 2.33. The summed E-state index contributed by atoms with van der Waals surface area (Å²) in [7, 11) is 0. The maximum Gasteiger partial charge on any atom is 0.327 e. The number of carbonyl (C=O) groups is 4. The highest BCUT2D eigenvalue weighted by Crippen LogP contribution is 2.28. The molecule has 0 heterocycles. The van der Waals surface area contributed by atoms with Crippen LogP contribution in [0.2, 0.25) is 0 Å². The number of carboxylic acid groups (broad SMARTS) is 2. The summed E-state index contributed by atoms with van der Waals surface area (Å²) < 4.78 is 0. The fourth-order valence-electron chi connectivity index (χ4n) is 3.97. The summed E-state index contributed by atoms with van der Waals surface area (Å²) in [5.74, 6) is -2.58. The Bertz CT molecular complexity index is 1140. The van der Waals surface area contributed by atoms with Crippen LogP contribution < -0.4 is 21.3 Å². The lowest BCUT2D eigenvalue weighted by Crippen LogP contribution is -2.50. The Morgan fingerprint density at radius 3 is 1.28 bits per heavy atom. The third kappa shape index (κ3) is 6.17. The molecule has 0 fully saturated rings. The largest absolute Gasteiger partial charge is 0.480 e. The molecule has 3 rings (SSSR count). The number of carboxylic acids is 2. The third-order valence-corrected chi connectivity index (χ3v) is 5.60. The molecule has 0 aromatic heterocycles. The van der Waals surface area contributed by atoms with Gasteiger partial charge < -0.3 is 21.7 Å². The van der Waals surface area contributed by atoms with Gasteiger partial charge in [-0.3, -0.25) is 9.80 Å². The van der Waals surface area contributed by atoms with Crippen LogP contribution in [0, 0.1) is 0 Å². The summed E-state index contributed by atoms with van der Waals surface area (Å²) in [6, 6.07) is 18.3. The Kier molecular flexibility index (Phi) is 8.24. The van der Waals surface area contributed by atoms with Gasteiger partial charge in [-0.1, -0.05) is 66.7 Å². The zero-order valence-electron chi connectivity index (χ0n) is 19.2. The molecule has 2 atom stereocenters. The zero-order chi connectivity index (χ0) is 26.2. The van der Waals surface area contributed by atoms with E-state index in [9.17, 15) is 29.4 Å². The van der Waals surface area contributed by atoms with Crippen LogP contribution >= 0.6 is 0 Å². The van der Waals surface area contributed by atoms with E-state index in [0.717, 1.165) is 9.80 Å². The van der Waals surface area contributed by atoms with E-state index in [0.29, 0.717) is 11.1 Å². The van der Waals surface area contributed by atoms with Crippen molar-refractivity contribution < 1.29 is 29.4 Å². The van der Waals surface area contributed by atoms with Gasteiger partial charge >= 0.3 is 24.0 Å². The smallest absolute Gasteiger partial charge is 0.327 e. The number of hydrogen-bond donors (Lipinski definition) is 4. The second kappa shape index (κ2) is 11.5. The molecule has 3 aromatic carbocycles. The highest BCUT2D eigenvalue weighted by molar-refractivity contribution is 6.00. The first-order valence-electron chi connectivity index (χ1n) is 11.0.